The van der Waals surface area contributed by atoms with E-state index in [-0.39, 0.29) is 11.7 Å². The highest BCUT2D eigenvalue weighted by atomic mass is 32.2. The van der Waals surface area contributed by atoms with Gasteiger partial charge in [-0.2, -0.15) is 0 Å². The predicted molar refractivity (Wildman–Crippen MR) is 68.0 cm³/mol. The molecule has 0 spiro atoms. The lowest BCUT2D eigenvalue weighted by Gasteiger charge is -2.25. The van der Waals surface area contributed by atoms with Crippen LogP contribution in [0.2, 0.25) is 0 Å². The van der Waals surface area contributed by atoms with E-state index in [1.807, 2.05) is 30.3 Å². The molecule has 90 valence electrons. The largest absolute Gasteiger partial charge is 0.335 e. The molecular weight excluding hydrogens is 234 g/mol. The van der Waals surface area contributed by atoms with Crippen LogP contribution >= 0.6 is 11.8 Å². The van der Waals surface area contributed by atoms with Crippen LogP contribution in [0.1, 0.15) is 12.8 Å². The second-order valence-corrected chi connectivity index (χ2v) is 5.11. The smallest absolute Gasteiger partial charge is 0.233 e. The number of nitrogens with zero attached hydrogens (tertiary/aromatic N) is 1. The number of benzene rings is 1. The van der Waals surface area contributed by atoms with Crippen molar-refractivity contribution in [1.82, 2.24) is 4.90 Å². The third-order valence-electron chi connectivity index (χ3n) is 2.71. The van der Waals surface area contributed by atoms with Gasteiger partial charge in [0.2, 0.25) is 5.91 Å². The van der Waals surface area contributed by atoms with Crippen molar-refractivity contribution in [3.05, 3.63) is 30.3 Å². The molecule has 0 N–H and O–H groups in total. The summed E-state index contributed by atoms with van der Waals surface area (Å²) in [7, 11) is 0. The van der Waals surface area contributed by atoms with Gasteiger partial charge < -0.3 is 4.90 Å². The normalized spacial score (nSPS) is 16.0. The number of amides is 1. The summed E-state index contributed by atoms with van der Waals surface area (Å²) in [6, 6.07) is 9.84. The molecular formula is C13H15NO2S. The molecule has 0 atom stereocenters. The summed E-state index contributed by atoms with van der Waals surface area (Å²) in [4.78, 5) is 25.9. The first-order valence-electron chi connectivity index (χ1n) is 5.73. The molecule has 4 heteroatoms. The molecule has 17 heavy (non-hydrogen) atoms. The standard InChI is InChI=1S/C13H15NO2S/c15-11-5-4-8-14(9-11)13(16)10-17-12-6-2-1-3-7-12/h1-3,6-7H,4-5,8-10H2. The first-order valence-corrected chi connectivity index (χ1v) is 6.71. The lowest BCUT2D eigenvalue weighted by atomic mass is 10.1. The zero-order chi connectivity index (χ0) is 12.1. The van der Waals surface area contributed by atoms with Crippen LogP contribution in [0.15, 0.2) is 35.2 Å². The van der Waals surface area contributed by atoms with E-state index in [0.717, 1.165) is 17.9 Å². The molecule has 1 saturated heterocycles. The molecule has 0 bridgehead atoms. The highest BCUT2D eigenvalue weighted by Crippen LogP contribution is 2.18. The molecule has 3 nitrogen and oxygen atoms in total. The van der Waals surface area contributed by atoms with E-state index in [4.69, 9.17) is 0 Å². The van der Waals surface area contributed by atoms with Gasteiger partial charge in [-0.15, -0.1) is 11.8 Å². The lowest BCUT2D eigenvalue weighted by molar-refractivity contribution is -0.135. The number of carbonyl (C=O) groups is 2. The summed E-state index contributed by atoms with van der Waals surface area (Å²) in [5.41, 5.74) is 0. The molecule has 1 fully saturated rings. The van der Waals surface area contributed by atoms with Gasteiger partial charge in [-0.25, -0.2) is 0 Å². The molecule has 1 aromatic carbocycles. The highest BCUT2D eigenvalue weighted by molar-refractivity contribution is 8.00. The Labute approximate surface area is 105 Å². The van der Waals surface area contributed by atoms with Gasteiger partial charge in [0.1, 0.15) is 0 Å². The van der Waals surface area contributed by atoms with E-state index >= 15 is 0 Å². The Balaban J connectivity index is 1.83. The van der Waals surface area contributed by atoms with Crippen LogP contribution in [0.5, 0.6) is 0 Å². The van der Waals surface area contributed by atoms with Crippen LogP contribution in [0.25, 0.3) is 0 Å². The molecule has 0 saturated carbocycles. The van der Waals surface area contributed by atoms with Crippen LogP contribution in [-0.2, 0) is 9.59 Å². The number of hydrogen-bond donors (Lipinski definition) is 0. The van der Waals surface area contributed by atoms with Crippen LogP contribution < -0.4 is 0 Å². The maximum atomic E-state index is 11.9. The van der Waals surface area contributed by atoms with E-state index in [9.17, 15) is 9.59 Å². The number of carbonyl (C=O) groups excluding carboxylic acids is 2. The lowest BCUT2D eigenvalue weighted by Crippen LogP contribution is -2.41. The van der Waals surface area contributed by atoms with E-state index in [0.29, 0.717) is 18.7 Å². The fourth-order valence-electron chi connectivity index (χ4n) is 1.80. The van der Waals surface area contributed by atoms with Crippen molar-refractivity contribution in [3.63, 3.8) is 0 Å². The first kappa shape index (κ1) is 12.2. The molecule has 1 amide bonds. The van der Waals surface area contributed by atoms with Gasteiger partial charge in [0, 0.05) is 17.9 Å². The predicted octanol–water partition coefficient (Wildman–Crippen LogP) is 1.97. The number of rotatable bonds is 3. The number of Topliss-reactive ketones (excluding diaryl/α,β-unsaturated/α-hetero) is 1. The Morgan fingerprint density at radius 3 is 2.76 bits per heavy atom. The summed E-state index contributed by atoms with van der Waals surface area (Å²) in [6.07, 6.45) is 1.43. The summed E-state index contributed by atoms with van der Waals surface area (Å²) >= 11 is 1.52. The van der Waals surface area contributed by atoms with E-state index in [1.54, 1.807) is 4.90 Å². The molecule has 1 aliphatic heterocycles. The SMILES string of the molecule is O=C1CCCN(C(=O)CSc2ccccc2)C1. The van der Waals surface area contributed by atoms with Gasteiger partial charge in [-0.3, -0.25) is 9.59 Å². The first-order chi connectivity index (χ1) is 8.25. The van der Waals surface area contributed by atoms with E-state index < -0.39 is 0 Å². The minimum Gasteiger partial charge on any atom is -0.335 e. The Morgan fingerprint density at radius 2 is 2.06 bits per heavy atom. The maximum absolute atomic E-state index is 11.9. The van der Waals surface area contributed by atoms with Gasteiger partial charge in [0.25, 0.3) is 0 Å². The Morgan fingerprint density at radius 1 is 1.29 bits per heavy atom. The average molecular weight is 249 g/mol. The number of hydrogen-bond acceptors (Lipinski definition) is 3. The molecule has 0 aromatic heterocycles. The van der Waals surface area contributed by atoms with Gasteiger partial charge in [0.05, 0.1) is 12.3 Å². The van der Waals surface area contributed by atoms with Crippen molar-refractivity contribution in [2.24, 2.45) is 0 Å². The van der Waals surface area contributed by atoms with Crippen molar-refractivity contribution in [1.29, 1.82) is 0 Å². The fraction of sp³-hybridized carbons (Fsp3) is 0.385. The van der Waals surface area contributed by atoms with Gasteiger partial charge >= 0.3 is 0 Å². The zero-order valence-electron chi connectivity index (χ0n) is 9.59. The molecule has 1 aliphatic rings. The zero-order valence-corrected chi connectivity index (χ0v) is 10.4. The van der Waals surface area contributed by atoms with Gasteiger partial charge in [-0.1, -0.05) is 18.2 Å². The topological polar surface area (TPSA) is 37.4 Å². The molecule has 1 heterocycles. The van der Waals surface area contributed by atoms with Gasteiger partial charge in [0.15, 0.2) is 5.78 Å². The van der Waals surface area contributed by atoms with Crippen LogP contribution in [0, 0.1) is 0 Å². The fourth-order valence-corrected chi connectivity index (χ4v) is 2.63. The summed E-state index contributed by atoms with van der Waals surface area (Å²) in [5, 5.41) is 0. The van der Waals surface area contributed by atoms with Crippen LogP contribution in [-0.4, -0.2) is 35.4 Å². The summed E-state index contributed by atoms with van der Waals surface area (Å²) in [6.45, 7) is 1.02. The molecule has 0 radical (unpaired) electrons. The Bertz CT molecular complexity index is 405. The number of ketones is 1. The van der Waals surface area contributed by atoms with Crippen molar-refractivity contribution in [2.75, 3.05) is 18.8 Å². The number of piperidine rings is 1. The number of likely N-dealkylation sites (tertiary alicyclic amines) is 1. The van der Waals surface area contributed by atoms with Crippen molar-refractivity contribution in [3.8, 4) is 0 Å². The second kappa shape index (κ2) is 5.87. The second-order valence-electron chi connectivity index (χ2n) is 4.06. The van der Waals surface area contributed by atoms with E-state index in [2.05, 4.69) is 0 Å². The Kier molecular flexibility index (Phi) is 4.20. The third kappa shape index (κ3) is 3.60. The molecule has 1 aromatic rings. The van der Waals surface area contributed by atoms with Gasteiger partial charge in [-0.05, 0) is 18.6 Å². The Hall–Kier alpha value is -1.29. The van der Waals surface area contributed by atoms with E-state index in [1.165, 1.54) is 11.8 Å². The molecule has 0 aliphatic carbocycles. The maximum Gasteiger partial charge on any atom is 0.233 e. The highest BCUT2D eigenvalue weighted by Gasteiger charge is 2.21. The monoisotopic (exact) mass is 249 g/mol. The van der Waals surface area contributed by atoms with Crippen LogP contribution in [0.3, 0.4) is 0 Å². The van der Waals surface area contributed by atoms with Crippen LogP contribution in [0.4, 0.5) is 0 Å². The number of thioether (sulfide) groups is 1. The summed E-state index contributed by atoms with van der Waals surface area (Å²) < 4.78 is 0. The summed E-state index contributed by atoms with van der Waals surface area (Å²) in [5.74, 6) is 0.651. The van der Waals surface area contributed by atoms with Crippen molar-refractivity contribution in [2.45, 2.75) is 17.7 Å². The quantitative estimate of drug-likeness (QED) is 0.769. The molecule has 0 unspecified atom stereocenters. The average Bonchev–Trinajstić information content (AvgIpc) is 2.37. The minimum absolute atomic E-state index is 0.0619. The third-order valence-corrected chi connectivity index (χ3v) is 3.71. The van der Waals surface area contributed by atoms with Crippen molar-refractivity contribution < 1.29 is 9.59 Å². The van der Waals surface area contributed by atoms with Crippen molar-refractivity contribution >= 4 is 23.5 Å². The minimum atomic E-state index is 0.0619. The molecule has 2 rings (SSSR count).